The minimum atomic E-state index is 0.380. The molecular formula is C28H24BrN3O3. The first-order valence-electron chi connectivity index (χ1n) is 11.2. The highest BCUT2D eigenvalue weighted by Crippen LogP contribution is 2.40. The average molecular weight is 530 g/mol. The molecule has 0 amide bonds. The molecule has 0 radical (unpaired) electrons. The van der Waals surface area contributed by atoms with Crippen molar-refractivity contribution in [2.24, 2.45) is 7.05 Å². The van der Waals surface area contributed by atoms with Gasteiger partial charge in [-0.1, -0.05) is 60.7 Å². The molecule has 0 aliphatic carbocycles. The molecule has 5 aromatic rings. The van der Waals surface area contributed by atoms with Gasteiger partial charge in [0.15, 0.2) is 0 Å². The quantitative estimate of drug-likeness (QED) is 0.227. The van der Waals surface area contributed by atoms with Crippen LogP contribution >= 0.6 is 15.9 Å². The third-order valence-electron chi connectivity index (χ3n) is 5.67. The van der Waals surface area contributed by atoms with Gasteiger partial charge in [0.05, 0.1) is 22.7 Å². The van der Waals surface area contributed by atoms with E-state index in [1.807, 2.05) is 96.7 Å². The number of aryl methyl sites for hydroxylation is 1. The van der Waals surface area contributed by atoms with Gasteiger partial charge < -0.3 is 14.2 Å². The Hall–Kier alpha value is -3.84. The van der Waals surface area contributed by atoms with Gasteiger partial charge >= 0.3 is 0 Å². The first kappa shape index (κ1) is 22.9. The molecule has 0 saturated heterocycles. The lowest BCUT2D eigenvalue weighted by molar-refractivity contribution is 0.268. The fraction of sp³-hybridized carbons (Fsp3) is 0.143. The summed E-state index contributed by atoms with van der Waals surface area (Å²) in [7, 11) is 3.56. The molecule has 176 valence electrons. The van der Waals surface area contributed by atoms with Crippen molar-refractivity contribution in [3.63, 3.8) is 0 Å². The molecule has 0 saturated carbocycles. The van der Waals surface area contributed by atoms with Crippen LogP contribution in [0.25, 0.3) is 22.2 Å². The number of fused-ring (bicyclic) bond motifs is 1. The Morgan fingerprint density at radius 2 is 1.46 bits per heavy atom. The van der Waals surface area contributed by atoms with Crippen molar-refractivity contribution in [1.82, 2.24) is 14.8 Å². The predicted octanol–water partition coefficient (Wildman–Crippen LogP) is 6.56. The van der Waals surface area contributed by atoms with E-state index in [9.17, 15) is 0 Å². The summed E-state index contributed by atoms with van der Waals surface area (Å²) in [5.41, 5.74) is 4.61. The van der Waals surface area contributed by atoms with Crippen LogP contribution in [0, 0.1) is 0 Å². The van der Waals surface area contributed by atoms with Crippen molar-refractivity contribution in [2.45, 2.75) is 13.2 Å². The Morgan fingerprint density at radius 3 is 2.11 bits per heavy atom. The Bertz CT molecular complexity index is 1450. The summed E-state index contributed by atoms with van der Waals surface area (Å²) in [6.07, 6.45) is 0. The van der Waals surface area contributed by atoms with Gasteiger partial charge in [0, 0.05) is 18.5 Å². The molecule has 0 aliphatic rings. The normalized spacial score (nSPS) is 10.9. The predicted molar refractivity (Wildman–Crippen MR) is 140 cm³/mol. The van der Waals surface area contributed by atoms with E-state index < -0.39 is 0 Å². The summed E-state index contributed by atoms with van der Waals surface area (Å²) in [6, 6.07) is 27.7. The molecule has 2 heterocycles. The molecule has 35 heavy (non-hydrogen) atoms. The lowest BCUT2D eigenvalue weighted by Crippen LogP contribution is -2.02. The topological polar surface area (TPSA) is 58.4 Å². The standard InChI is InChI=1S/C28H24BrN3O3/c1-32-27-21(13-15-23(33-2)25(27)29)26(31-32)22-14-16-24(34-17-19-9-5-3-6-10-19)30-28(22)35-18-20-11-7-4-8-12-20/h3-16H,17-18H2,1-2H3. The van der Waals surface area contributed by atoms with Crippen LogP contribution in [0.5, 0.6) is 17.5 Å². The summed E-state index contributed by atoms with van der Waals surface area (Å²) in [5.74, 6) is 1.70. The smallest absolute Gasteiger partial charge is 0.226 e. The van der Waals surface area contributed by atoms with Gasteiger partial charge in [-0.05, 0) is 45.3 Å². The molecule has 7 heteroatoms. The summed E-state index contributed by atoms with van der Waals surface area (Å²) >= 11 is 3.66. The first-order chi connectivity index (χ1) is 17.1. The molecule has 0 N–H and O–H groups in total. The lowest BCUT2D eigenvalue weighted by atomic mass is 10.1. The fourth-order valence-electron chi connectivity index (χ4n) is 3.92. The van der Waals surface area contributed by atoms with Crippen molar-refractivity contribution < 1.29 is 14.2 Å². The van der Waals surface area contributed by atoms with Gasteiger partial charge in [0.25, 0.3) is 0 Å². The third-order valence-corrected chi connectivity index (χ3v) is 6.43. The Morgan fingerprint density at radius 1 is 0.800 bits per heavy atom. The maximum absolute atomic E-state index is 6.23. The van der Waals surface area contributed by atoms with Crippen LogP contribution in [0.4, 0.5) is 0 Å². The lowest BCUT2D eigenvalue weighted by Gasteiger charge is -2.12. The van der Waals surface area contributed by atoms with Crippen LogP contribution in [-0.2, 0) is 20.3 Å². The molecule has 0 spiro atoms. The number of ether oxygens (including phenoxy) is 3. The second-order valence-corrected chi connectivity index (χ2v) is 8.79. The number of hydrogen-bond donors (Lipinski definition) is 0. The van der Waals surface area contributed by atoms with E-state index in [0.29, 0.717) is 25.0 Å². The van der Waals surface area contributed by atoms with Crippen LogP contribution in [0.2, 0.25) is 0 Å². The second kappa shape index (κ2) is 10.2. The van der Waals surface area contributed by atoms with Gasteiger partial charge in [-0.2, -0.15) is 10.1 Å². The Kier molecular flexibility index (Phi) is 6.68. The highest BCUT2D eigenvalue weighted by atomic mass is 79.9. The van der Waals surface area contributed by atoms with Crippen molar-refractivity contribution in [3.8, 4) is 28.8 Å². The average Bonchev–Trinajstić information content (AvgIpc) is 3.24. The van der Waals surface area contributed by atoms with E-state index in [1.54, 1.807) is 7.11 Å². The zero-order chi connectivity index (χ0) is 24.2. The van der Waals surface area contributed by atoms with Crippen molar-refractivity contribution in [2.75, 3.05) is 7.11 Å². The zero-order valence-corrected chi connectivity index (χ0v) is 21.0. The number of rotatable bonds is 8. The zero-order valence-electron chi connectivity index (χ0n) is 19.4. The van der Waals surface area contributed by atoms with E-state index in [1.165, 1.54) is 0 Å². The second-order valence-electron chi connectivity index (χ2n) is 8.00. The molecule has 0 fully saturated rings. The number of hydrogen-bond acceptors (Lipinski definition) is 5. The van der Waals surface area contributed by atoms with Gasteiger partial charge in [-0.15, -0.1) is 0 Å². The van der Waals surface area contributed by atoms with Crippen molar-refractivity contribution in [1.29, 1.82) is 0 Å². The van der Waals surface area contributed by atoms with E-state index in [4.69, 9.17) is 24.3 Å². The van der Waals surface area contributed by atoms with Crippen LogP contribution in [0.3, 0.4) is 0 Å². The van der Waals surface area contributed by atoms with Crippen LogP contribution < -0.4 is 14.2 Å². The van der Waals surface area contributed by atoms with Crippen LogP contribution in [0.1, 0.15) is 11.1 Å². The molecule has 3 aromatic carbocycles. The Labute approximate surface area is 212 Å². The van der Waals surface area contributed by atoms with Gasteiger partial charge in [0.1, 0.15) is 24.7 Å². The van der Waals surface area contributed by atoms with Gasteiger partial charge in [-0.25, -0.2) is 0 Å². The molecule has 0 atom stereocenters. The summed E-state index contributed by atoms with van der Waals surface area (Å²) < 4.78 is 20.4. The molecule has 2 aromatic heterocycles. The molecule has 0 bridgehead atoms. The number of aromatic nitrogens is 3. The van der Waals surface area contributed by atoms with Crippen LogP contribution in [-0.4, -0.2) is 21.9 Å². The fourth-order valence-corrected chi connectivity index (χ4v) is 4.68. The number of halogens is 1. The highest BCUT2D eigenvalue weighted by molar-refractivity contribution is 9.10. The molecule has 5 rings (SSSR count). The molecule has 0 aliphatic heterocycles. The monoisotopic (exact) mass is 529 g/mol. The largest absolute Gasteiger partial charge is 0.495 e. The van der Waals surface area contributed by atoms with E-state index in [-0.39, 0.29) is 0 Å². The summed E-state index contributed by atoms with van der Waals surface area (Å²) in [5, 5.41) is 5.77. The minimum Gasteiger partial charge on any atom is -0.495 e. The summed E-state index contributed by atoms with van der Waals surface area (Å²) in [4.78, 5) is 4.72. The first-order valence-corrected chi connectivity index (χ1v) is 12.0. The summed E-state index contributed by atoms with van der Waals surface area (Å²) in [6.45, 7) is 0.801. The maximum Gasteiger partial charge on any atom is 0.226 e. The number of nitrogens with zero attached hydrogens (tertiary/aromatic N) is 3. The van der Waals surface area contributed by atoms with Gasteiger partial charge in [-0.3, -0.25) is 4.68 Å². The van der Waals surface area contributed by atoms with E-state index in [0.717, 1.165) is 43.5 Å². The van der Waals surface area contributed by atoms with Crippen LogP contribution in [0.15, 0.2) is 89.4 Å². The van der Waals surface area contributed by atoms with E-state index in [2.05, 4.69) is 15.9 Å². The number of benzene rings is 3. The third kappa shape index (κ3) is 4.86. The SMILES string of the molecule is COc1ccc2c(-c3ccc(OCc4ccccc4)nc3OCc3ccccc3)nn(C)c2c1Br. The van der Waals surface area contributed by atoms with Crippen molar-refractivity contribution >= 4 is 26.8 Å². The van der Waals surface area contributed by atoms with Gasteiger partial charge in [0.2, 0.25) is 11.8 Å². The molecular weight excluding hydrogens is 506 g/mol. The number of pyridine rings is 1. The minimum absolute atomic E-state index is 0.380. The molecule has 0 unspecified atom stereocenters. The molecule has 6 nitrogen and oxygen atoms in total. The maximum atomic E-state index is 6.23. The van der Waals surface area contributed by atoms with Crippen molar-refractivity contribution in [3.05, 3.63) is 101 Å². The Balaban J connectivity index is 1.53. The number of methoxy groups -OCH3 is 1. The van der Waals surface area contributed by atoms with E-state index >= 15 is 0 Å². The highest BCUT2D eigenvalue weighted by Gasteiger charge is 2.20.